The molecule has 7 nitrogen and oxygen atoms in total. The van der Waals surface area contributed by atoms with Gasteiger partial charge in [-0.25, -0.2) is 18.5 Å². The monoisotopic (exact) mass is 460 g/mol. The van der Waals surface area contributed by atoms with Crippen LogP contribution < -0.4 is 10.5 Å². The van der Waals surface area contributed by atoms with Crippen LogP contribution in [0, 0.1) is 0 Å². The summed E-state index contributed by atoms with van der Waals surface area (Å²) in [5.74, 6) is -0.0505. The minimum Gasteiger partial charge on any atom is -0.353 e. The average molecular weight is 461 g/mol. The largest absolute Gasteiger partial charge is 0.353 e. The molecule has 2 aromatic carbocycles. The fourth-order valence-electron chi connectivity index (χ4n) is 3.33. The molecule has 1 heterocycles. The Bertz CT molecular complexity index is 1160. The first-order chi connectivity index (χ1) is 14.7. The number of hydrogen-bond donors (Lipinski definition) is 2. The fraction of sp³-hybridized carbons (Fsp3) is 0.364. The number of imidazole rings is 1. The molecule has 166 valence electrons. The number of amides is 1. The summed E-state index contributed by atoms with van der Waals surface area (Å²) < 4.78 is 25.2. The minimum atomic E-state index is -3.80. The van der Waals surface area contributed by atoms with Crippen LogP contribution in [0.2, 0.25) is 0 Å². The Kier molecular flexibility index (Phi) is 7.40. The lowest BCUT2D eigenvalue weighted by atomic mass is 10.1. The first-order valence-electron chi connectivity index (χ1n) is 10.2. The number of aromatic nitrogens is 2. The van der Waals surface area contributed by atoms with Crippen LogP contribution >= 0.6 is 11.8 Å². The number of nitrogens with zero attached hydrogens (tertiary/aromatic N) is 2. The van der Waals surface area contributed by atoms with Gasteiger partial charge in [0.15, 0.2) is 5.16 Å². The van der Waals surface area contributed by atoms with Gasteiger partial charge in [0.25, 0.3) is 0 Å². The molecule has 31 heavy (non-hydrogen) atoms. The SMILES string of the molecule is CCn1c(S[C@H](C)C(=O)N[C@@H](C)CCc2ccccc2)nc2cc(S(N)(=O)=O)ccc21. The molecule has 0 fully saturated rings. The predicted molar refractivity (Wildman–Crippen MR) is 124 cm³/mol. The summed E-state index contributed by atoms with van der Waals surface area (Å²) in [6.07, 6.45) is 1.76. The van der Waals surface area contributed by atoms with Gasteiger partial charge < -0.3 is 9.88 Å². The predicted octanol–water partition coefficient (Wildman–Crippen LogP) is 3.32. The smallest absolute Gasteiger partial charge is 0.238 e. The molecule has 0 aliphatic carbocycles. The minimum absolute atomic E-state index is 0.0235. The lowest BCUT2D eigenvalue weighted by Crippen LogP contribution is -2.38. The van der Waals surface area contributed by atoms with Gasteiger partial charge in [-0.1, -0.05) is 42.1 Å². The summed E-state index contributed by atoms with van der Waals surface area (Å²) >= 11 is 1.36. The number of carbonyl (C=O) groups is 1. The Morgan fingerprint density at radius 3 is 2.55 bits per heavy atom. The summed E-state index contributed by atoms with van der Waals surface area (Å²) in [5.41, 5.74) is 2.60. The van der Waals surface area contributed by atoms with Crippen molar-refractivity contribution in [3.63, 3.8) is 0 Å². The number of sulfonamides is 1. The third-order valence-electron chi connectivity index (χ3n) is 5.08. The van der Waals surface area contributed by atoms with E-state index in [-0.39, 0.29) is 22.1 Å². The lowest BCUT2D eigenvalue weighted by Gasteiger charge is -2.17. The van der Waals surface area contributed by atoms with Crippen molar-refractivity contribution in [1.82, 2.24) is 14.9 Å². The zero-order chi connectivity index (χ0) is 22.6. The van der Waals surface area contributed by atoms with E-state index in [1.54, 1.807) is 6.07 Å². The number of fused-ring (bicyclic) bond motifs is 1. The molecule has 0 saturated heterocycles. The highest BCUT2D eigenvalue weighted by molar-refractivity contribution is 8.00. The number of benzene rings is 2. The quantitative estimate of drug-likeness (QED) is 0.476. The van der Waals surface area contributed by atoms with Crippen molar-refractivity contribution in [2.45, 2.75) is 61.5 Å². The van der Waals surface area contributed by atoms with Gasteiger partial charge in [0.2, 0.25) is 15.9 Å². The van der Waals surface area contributed by atoms with Crippen molar-refractivity contribution in [2.75, 3.05) is 0 Å². The lowest BCUT2D eigenvalue weighted by molar-refractivity contribution is -0.120. The Morgan fingerprint density at radius 1 is 1.19 bits per heavy atom. The molecule has 0 radical (unpaired) electrons. The van der Waals surface area contributed by atoms with Gasteiger partial charge in [-0.3, -0.25) is 4.79 Å². The Balaban J connectivity index is 1.67. The molecule has 1 aromatic heterocycles. The van der Waals surface area contributed by atoms with E-state index in [9.17, 15) is 13.2 Å². The molecule has 3 N–H and O–H groups in total. The number of hydrogen-bond acceptors (Lipinski definition) is 5. The first-order valence-corrected chi connectivity index (χ1v) is 12.7. The van der Waals surface area contributed by atoms with Crippen molar-refractivity contribution in [1.29, 1.82) is 0 Å². The molecule has 9 heteroatoms. The van der Waals surface area contributed by atoms with E-state index in [0.717, 1.165) is 18.4 Å². The van der Waals surface area contributed by atoms with E-state index in [2.05, 4.69) is 22.4 Å². The number of thioether (sulfide) groups is 1. The van der Waals surface area contributed by atoms with E-state index in [1.807, 2.05) is 43.5 Å². The number of carbonyl (C=O) groups excluding carboxylic acids is 1. The number of aryl methyl sites for hydroxylation is 2. The van der Waals surface area contributed by atoms with E-state index in [1.165, 1.54) is 29.5 Å². The second-order valence-corrected chi connectivity index (χ2v) is 10.4. The molecule has 0 aliphatic heterocycles. The van der Waals surface area contributed by atoms with Crippen LogP contribution in [-0.4, -0.2) is 35.2 Å². The molecule has 3 aromatic rings. The molecule has 0 bridgehead atoms. The van der Waals surface area contributed by atoms with Crippen molar-refractivity contribution in [3.8, 4) is 0 Å². The molecule has 1 amide bonds. The van der Waals surface area contributed by atoms with Crippen LogP contribution in [0.3, 0.4) is 0 Å². The summed E-state index contributed by atoms with van der Waals surface area (Å²) in [4.78, 5) is 17.3. The van der Waals surface area contributed by atoms with E-state index in [4.69, 9.17) is 5.14 Å². The van der Waals surface area contributed by atoms with Crippen LogP contribution in [0.5, 0.6) is 0 Å². The van der Waals surface area contributed by atoms with Crippen LogP contribution in [0.4, 0.5) is 0 Å². The van der Waals surface area contributed by atoms with Crippen molar-refractivity contribution >= 4 is 38.7 Å². The maximum absolute atomic E-state index is 12.7. The van der Waals surface area contributed by atoms with Crippen LogP contribution in [0.1, 0.15) is 32.8 Å². The second kappa shape index (κ2) is 9.84. The highest BCUT2D eigenvalue weighted by Crippen LogP contribution is 2.28. The molecule has 3 rings (SSSR count). The third kappa shape index (κ3) is 5.87. The second-order valence-electron chi connectivity index (χ2n) is 7.53. The van der Waals surface area contributed by atoms with Crippen LogP contribution in [-0.2, 0) is 27.8 Å². The molecular weight excluding hydrogens is 432 g/mol. The van der Waals surface area contributed by atoms with Gasteiger partial charge in [-0.05, 0) is 57.4 Å². The zero-order valence-electron chi connectivity index (χ0n) is 17.9. The van der Waals surface area contributed by atoms with Gasteiger partial charge in [-0.15, -0.1) is 0 Å². The normalized spacial score (nSPS) is 13.8. The number of rotatable bonds is 9. The van der Waals surface area contributed by atoms with E-state index >= 15 is 0 Å². The van der Waals surface area contributed by atoms with E-state index < -0.39 is 10.0 Å². The highest BCUT2D eigenvalue weighted by atomic mass is 32.2. The fourth-order valence-corrected chi connectivity index (χ4v) is 4.86. The Hall–Kier alpha value is -2.36. The number of nitrogens with two attached hydrogens (primary N) is 1. The van der Waals surface area contributed by atoms with Crippen molar-refractivity contribution in [3.05, 3.63) is 54.1 Å². The molecule has 0 unspecified atom stereocenters. The number of primary sulfonamides is 1. The van der Waals surface area contributed by atoms with Gasteiger partial charge >= 0.3 is 0 Å². The molecule has 2 atom stereocenters. The molecule has 0 spiro atoms. The van der Waals surface area contributed by atoms with Gasteiger partial charge in [-0.2, -0.15) is 0 Å². The third-order valence-corrected chi connectivity index (χ3v) is 7.08. The number of nitrogens with one attached hydrogen (secondary N) is 1. The first kappa shape index (κ1) is 23.3. The maximum atomic E-state index is 12.7. The highest BCUT2D eigenvalue weighted by Gasteiger charge is 2.21. The van der Waals surface area contributed by atoms with Crippen molar-refractivity contribution < 1.29 is 13.2 Å². The van der Waals surface area contributed by atoms with E-state index in [0.29, 0.717) is 17.2 Å². The summed E-state index contributed by atoms with van der Waals surface area (Å²) in [7, 11) is -3.80. The Morgan fingerprint density at radius 2 is 1.90 bits per heavy atom. The maximum Gasteiger partial charge on any atom is 0.238 e. The standard InChI is InChI=1S/C22H28N4O3S2/c1-4-26-20-13-12-18(31(23,28)29)14-19(20)25-22(26)30-16(3)21(27)24-15(2)10-11-17-8-6-5-7-9-17/h5-9,12-16H,4,10-11H2,1-3H3,(H,24,27)(H2,23,28,29)/t15-,16+/m0/s1. The Labute approximate surface area is 187 Å². The molecular formula is C22H28N4O3S2. The van der Waals surface area contributed by atoms with Gasteiger partial charge in [0.1, 0.15) is 0 Å². The van der Waals surface area contributed by atoms with Gasteiger partial charge in [0.05, 0.1) is 21.2 Å². The van der Waals surface area contributed by atoms with Crippen molar-refractivity contribution in [2.24, 2.45) is 5.14 Å². The summed E-state index contributed by atoms with van der Waals surface area (Å²) in [6, 6.07) is 14.9. The average Bonchev–Trinajstić information content (AvgIpc) is 3.08. The summed E-state index contributed by atoms with van der Waals surface area (Å²) in [6.45, 7) is 6.48. The molecule has 0 saturated carbocycles. The van der Waals surface area contributed by atoms with Crippen LogP contribution in [0.25, 0.3) is 11.0 Å². The zero-order valence-corrected chi connectivity index (χ0v) is 19.5. The van der Waals surface area contributed by atoms with Gasteiger partial charge in [0, 0.05) is 12.6 Å². The topological polar surface area (TPSA) is 107 Å². The summed E-state index contributed by atoms with van der Waals surface area (Å²) in [5, 5.41) is 8.63. The van der Waals surface area contributed by atoms with Crippen LogP contribution in [0.15, 0.2) is 58.6 Å². The molecule has 0 aliphatic rings.